The molecule has 1 aliphatic heterocycles. The molecule has 2 aromatic heterocycles. The predicted molar refractivity (Wildman–Crippen MR) is 140 cm³/mol. The van der Waals surface area contributed by atoms with Gasteiger partial charge in [-0.2, -0.15) is 5.10 Å². The normalized spacial score (nSPS) is 16.7. The van der Waals surface area contributed by atoms with Crippen molar-refractivity contribution in [1.29, 1.82) is 0 Å². The number of carbonyl (C=O) groups is 3. The van der Waals surface area contributed by atoms with E-state index >= 15 is 0 Å². The third-order valence-corrected chi connectivity index (χ3v) is 6.44. The highest BCUT2D eigenvalue weighted by molar-refractivity contribution is 6.07. The van der Waals surface area contributed by atoms with Crippen molar-refractivity contribution in [2.75, 3.05) is 32.6 Å². The van der Waals surface area contributed by atoms with Crippen LogP contribution in [0.2, 0.25) is 0 Å². The van der Waals surface area contributed by atoms with Crippen molar-refractivity contribution in [3.63, 3.8) is 0 Å². The highest BCUT2D eigenvalue weighted by Gasteiger charge is 2.38. The van der Waals surface area contributed by atoms with Gasteiger partial charge in [-0.1, -0.05) is 12.5 Å². The van der Waals surface area contributed by atoms with Gasteiger partial charge in [-0.05, 0) is 43.5 Å². The molecule has 3 amide bonds. The summed E-state index contributed by atoms with van der Waals surface area (Å²) < 4.78 is 8.90. The number of carbonyl (C=O) groups excluding carboxylic acids is 2. The summed E-state index contributed by atoms with van der Waals surface area (Å²) in [6, 6.07) is 5.08. The van der Waals surface area contributed by atoms with Gasteiger partial charge in [0.25, 0.3) is 5.91 Å². The van der Waals surface area contributed by atoms with Crippen LogP contribution in [0.4, 0.5) is 10.6 Å². The lowest BCUT2D eigenvalue weighted by Crippen LogP contribution is -2.37. The van der Waals surface area contributed by atoms with Gasteiger partial charge in [0, 0.05) is 32.8 Å². The largest absolute Gasteiger partial charge is 0.465 e. The zero-order valence-corrected chi connectivity index (χ0v) is 21.4. The van der Waals surface area contributed by atoms with E-state index in [2.05, 4.69) is 33.8 Å². The molecule has 1 fully saturated rings. The first-order chi connectivity index (χ1) is 18.3. The second kappa shape index (κ2) is 11.2. The number of anilines is 1. The Balaban J connectivity index is 1.76. The number of aromatic nitrogens is 4. The monoisotopic (exact) mass is 519 g/mol. The molecule has 0 saturated carbocycles. The molecular formula is C26H29N7O5. The molecular weight excluding hydrogens is 490 g/mol. The summed E-state index contributed by atoms with van der Waals surface area (Å²) in [6.07, 6.45) is 2.02. The van der Waals surface area contributed by atoms with Crippen molar-refractivity contribution in [3.8, 4) is 11.8 Å². The van der Waals surface area contributed by atoms with Crippen molar-refractivity contribution in [2.24, 2.45) is 0 Å². The van der Waals surface area contributed by atoms with Crippen LogP contribution in [-0.2, 0) is 16.1 Å². The van der Waals surface area contributed by atoms with Crippen LogP contribution in [0, 0.1) is 11.8 Å². The number of imide groups is 1. The average molecular weight is 520 g/mol. The summed E-state index contributed by atoms with van der Waals surface area (Å²) in [5.74, 6) is 5.15. The number of aryl methyl sites for hydroxylation is 1. The Bertz CT molecular complexity index is 1460. The summed E-state index contributed by atoms with van der Waals surface area (Å²) in [4.78, 5) is 42.7. The Morgan fingerprint density at radius 3 is 2.76 bits per heavy atom. The Kier molecular flexibility index (Phi) is 7.78. The molecule has 3 N–H and O–H groups in total. The number of carboxylic acid groups (broad SMARTS) is 1. The van der Waals surface area contributed by atoms with E-state index in [0.717, 1.165) is 17.6 Å². The topological polar surface area (TPSA) is 144 Å². The van der Waals surface area contributed by atoms with Crippen molar-refractivity contribution in [3.05, 3.63) is 54.0 Å². The lowest BCUT2D eigenvalue weighted by Gasteiger charge is -2.22. The van der Waals surface area contributed by atoms with Gasteiger partial charge in [-0.3, -0.25) is 14.9 Å². The molecule has 1 saturated heterocycles. The summed E-state index contributed by atoms with van der Waals surface area (Å²) in [6.45, 7) is 7.02. The van der Waals surface area contributed by atoms with Crippen molar-refractivity contribution >= 4 is 34.8 Å². The van der Waals surface area contributed by atoms with Crippen LogP contribution in [0.15, 0.2) is 37.2 Å². The zero-order chi connectivity index (χ0) is 27.4. The van der Waals surface area contributed by atoms with E-state index in [9.17, 15) is 19.5 Å². The fourth-order valence-corrected chi connectivity index (χ4v) is 4.73. The van der Waals surface area contributed by atoms with Crippen LogP contribution in [0.5, 0.6) is 0 Å². The number of ether oxygens (including phenoxy) is 1. The minimum Gasteiger partial charge on any atom is -0.465 e. The van der Waals surface area contributed by atoms with Gasteiger partial charge in [0.15, 0.2) is 5.69 Å². The smallest absolute Gasteiger partial charge is 0.411 e. The maximum atomic E-state index is 12.9. The van der Waals surface area contributed by atoms with Crippen molar-refractivity contribution < 1.29 is 24.2 Å². The summed E-state index contributed by atoms with van der Waals surface area (Å²) >= 11 is 0. The molecule has 0 radical (unpaired) electrons. The zero-order valence-electron chi connectivity index (χ0n) is 21.4. The number of hydrogen-bond donors (Lipinski definition) is 3. The molecule has 38 heavy (non-hydrogen) atoms. The molecule has 0 unspecified atom stereocenters. The lowest BCUT2D eigenvalue weighted by molar-refractivity contribution is -0.127. The number of nitrogens with zero attached hydrogens (tertiary/aromatic N) is 5. The van der Waals surface area contributed by atoms with Gasteiger partial charge in [-0.15, -0.1) is 0 Å². The van der Waals surface area contributed by atoms with Crippen LogP contribution < -0.4 is 10.6 Å². The molecule has 0 aliphatic carbocycles. The Labute approximate surface area is 219 Å². The number of hydrogen-bond acceptors (Lipinski definition) is 7. The van der Waals surface area contributed by atoms with Crippen molar-refractivity contribution in [2.45, 2.75) is 32.0 Å². The average Bonchev–Trinajstić information content (AvgIpc) is 3.61. The molecule has 1 aromatic carbocycles. The SMILES string of the molecule is C=CC(=O)N1C[C@@H](n2nc(C#Cc3ccc4c(c3)ncn4CC)c(C(=O)NC(=O)O)c2NC)C[C@@H]1COC. The van der Waals surface area contributed by atoms with Gasteiger partial charge < -0.3 is 24.6 Å². The first kappa shape index (κ1) is 26.4. The number of amides is 3. The molecule has 3 aromatic rings. The van der Waals surface area contributed by atoms with E-state index in [1.807, 2.05) is 35.0 Å². The summed E-state index contributed by atoms with van der Waals surface area (Å²) in [7, 11) is 3.16. The maximum absolute atomic E-state index is 12.9. The number of nitrogens with one attached hydrogen (secondary N) is 2. The van der Waals surface area contributed by atoms with E-state index in [-0.39, 0.29) is 29.2 Å². The molecule has 12 heteroatoms. The summed E-state index contributed by atoms with van der Waals surface area (Å²) in [5, 5.41) is 18.6. The number of benzene rings is 1. The molecule has 12 nitrogen and oxygen atoms in total. The minimum absolute atomic E-state index is 0.00414. The number of rotatable bonds is 7. The third-order valence-electron chi connectivity index (χ3n) is 6.44. The van der Waals surface area contributed by atoms with E-state index in [1.165, 1.54) is 6.08 Å². The number of methoxy groups -OCH3 is 1. The van der Waals surface area contributed by atoms with E-state index in [0.29, 0.717) is 31.0 Å². The standard InChI is InChI=1S/C26H29N7O5/c1-5-22(34)32-13-17(12-18(32)14-38-4)33-24(27-3)23(25(35)29-26(36)37)19(30-33)9-7-16-8-10-21-20(11-16)28-15-31(21)6-2/h5,8,10-11,15,17-18,27H,1,6,12-14H2,2-4H3,(H,29,35)(H,36,37)/t17-,18+/m0/s1. The number of fused-ring (bicyclic) bond motifs is 1. The van der Waals surface area contributed by atoms with Gasteiger partial charge in [0.05, 0.1) is 36.1 Å². The lowest BCUT2D eigenvalue weighted by atomic mass is 10.1. The molecule has 198 valence electrons. The predicted octanol–water partition coefficient (Wildman–Crippen LogP) is 2.08. The second-order valence-corrected chi connectivity index (χ2v) is 8.70. The Morgan fingerprint density at radius 1 is 1.32 bits per heavy atom. The molecule has 0 spiro atoms. The highest BCUT2D eigenvalue weighted by atomic mass is 16.5. The molecule has 0 bridgehead atoms. The van der Waals surface area contributed by atoms with E-state index in [4.69, 9.17) is 4.74 Å². The van der Waals surface area contributed by atoms with Crippen LogP contribution in [0.3, 0.4) is 0 Å². The van der Waals surface area contributed by atoms with Crippen LogP contribution in [0.1, 0.15) is 41.0 Å². The van der Waals surface area contributed by atoms with Gasteiger partial charge in [0.2, 0.25) is 5.91 Å². The Hall–Kier alpha value is -4.63. The molecule has 2 atom stereocenters. The van der Waals surface area contributed by atoms with Crippen LogP contribution >= 0.6 is 0 Å². The quantitative estimate of drug-likeness (QED) is 0.318. The fourth-order valence-electron chi connectivity index (χ4n) is 4.73. The molecule has 3 heterocycles. The highest BCUT2D eigenvalue weighted by Crippen LogP contribution is 2.32. The first-order valence-electron chi connectivity index (χ1n) is 12.0. The first-order valence-corrected chi connectivity index (χ1v) is 12.0. The van der Waals surface area contributed by atoms with E-state index < -0.39 is 12.0 Å². The third kappa shape index (κ3) is 5.09. The molecule has 1 aliphatic rings. The summed E-state index contributed by atoms with van der Waals surface area (Å²) in [5.41, 5.74) is 2.52. The van der Waals surface area contributed by atoms with Gasteiger partial charge in [-0.25, -0.2) is 14.5 Å². The Morgan fingerprint density at radius 2 is 2.11 bits per heavy atom. The van der Waals surface area contributed by atoms with E-state index in [1.54, 1.807) is 30.1 Å². The van der Waals surface area contributed by atoms with Crippen molar-refractivity contribution in [1.82, 2.24) is 29.5 Å². The second-order valence-electron chi connectivity index (χ2n) is 8.70. The van der Waals surface area contributed by atoms with Crippen LogP contribution in [-0.4, -0.2) is 80.6 Å². The number of likely N-dealkylation sites (tertiary alicyclic amines) is 1. The molecule has 4 rings (SSSR count). The number of imidazole rings is 1. The van der Waals surface area contributed by atoms with Gasteiger partial charge in [0.1, 0.15) is 11.4 Å². The van der Waals surface area contributed by atoms with Gasteiger partial charge >= 0.3 is 6.09 Å². The minimum atomic E-state index is -1.50. The maximum Gasteiger partial charge on any atom is 0.411 e. The van der Waals surface area contributed by atoms with Crippen LogP contribution in [0.25, 0.3) is 11.0 Å². The fraction of sp³-hybridized carbons (Fsp3) is 0.346.